The number of aromatic nitrogens is 1. The Kier molecular flexibility index (Phi) is 9.29. The average molecular weight is 568 g/mol. The summed E-state index contributed by atoms with van der Waals surface area (Å²) in [6, 6.07) is 10.4. The summed E-state index contributed by atoms with van der Waals surface area (Å²) in [6.07, 6.45) is 5.93. The van der Waals surface area contributed by atoms with Gasteiger partial charge < -0.3 is 14.6 Å². The molecule has 2 amide bonds. The minimum atomic E-state index is -0.300. The van der Waals surface area contributed by atoms with Gasteiger partial charge in [0.05, 0.1) is 23.4 Å². The molecule has 2 aromatic heterocycles. The van der Waals surface area contributed by atoms with Crippen LogP contribution in [0.15, 0.2) is 47.1 Å². The SMILES string of the molecule is CC(=O)c1sc(NC(=O)N[C@H]2CN(Cc3ccco3)CC[C@H]2CN2CCCC(Cc3ccc(F)cc3)C2)nc1C. The van der Waals surface area contributed by atoms with Crippen LogP contribution in [0, 0.1) is 24.6 Å². The van der Waals surface area contributed by atoms with Crippen LogP contribution >= 0.6 is 11.3 Å². The van der Waals surface area contributed by atoms with Crippen LogP contribution < -0.4 is 10.6 Å². The van der Waals surface area contributed by atoms with E-state index < -0.39 is 0 Å². The smallest absolute Gasteiger partial charge is 0.321 e. The number of furan rings is 1. The fourth-order valence-electron chi connectivity index (χ4n) is 6.06. The Morgan fingerprint density at radius 2 is 1.95 bits per heavy atom. The first-order chi connectivity index (χ1) is 19.3. The van der Waals surface area contributed by atoms with Crippen LogP contribution in [-0.2, 0) is 13.0 Å². The molecule has 40 heavy (non-hydrogen) atoms. The zero-order valence-electron chi connectivity index (χ0n) is 23.2. The zero-order valence-corrected chi connectivity index (χ0v) is 24.0. The average Bonchev–Trinajstić information content (AvgIpc) is 3.56. The summed E-state index contributed by atoms with van der Waals surface area (Å²) in [6.45, 7) is 8.64. The molecule has 10 heteroatoms. The van der Waals surface area contributed by atoms with Crippen LogP contribution in [0.1, 0.15) is 52.9 Å². The number of aryl methyl sites for hydroxylation is 1. The minimum Gasteiger partial charge on any atom is -0.468 e. The highest BCUT2D eigenvalue weighted by Gasteiger charge is 2.33. The zero-order chi connectivity index (χ0) is 28.1. The van der Waals surface area contributed by atoms with E-state index in [0.29, 0.717) is 34.1 Å². The maximum absolute atomic E-state index is 13.4. The summed E-state index contributed by atoms with van der Waals surface area (Å²) < 4.78 is 18.9. The van der Waals surface area contributed by atoms with Crippen LogP contribution in [-0.4, -0.2) is 65.4 Å². The Labute approximate surface area is 239 Å². The second kappa shape index (κ2) is 13.1. The van der Waals surface area contributed by atoms with Crippen LogP contribution in [0.3, 0.4) is 0 Å². The number of rotatable bonds is 9. The fraction of sp³-hybridized carbons (Fsp3) is 0.500. The third-order valence-corrected chi connectivity index (χ3v) is 9.16. The maximum atomic E-state index is 13.4. The monoisotopic (exact) mass is 567 g/mol. The summed E-state index contributed by atoms with van der Waals surface area (Å²) in [4.78, 5) is 34.7. The molecule has 4 heterocycles. The number of halogens is 1. The van der Waals surface area contributed by atoms with Gasteiger partial charge in [-0.2, -0.15) is 0 Å². The van der Waals surface area contributed by atoms with Gasteiger partial charge in [-0.15, -0.1) is 0 Å². The number of thiazole rings is 1. The molecule has 214 valence electrons. The molecule has 2 aliphatic rings. The first-order valence-corrected chi connectivity index (χ1v) is 14.9. The highest BCUT2D eigenvalue weighted by Crippen LogP contribution is 2.27. The van der Waals surface area contributed by atoms with Crippen molar-refractivity contribution in [2.75, 3.05) is 38.0 Å². The molecule has 0 aliphatic carbocycles. The number of likely N-dealkylation sites (tertiary alicyclic amines) is 2. The first kappa shape index (κ1) is 28.4. The van der Waals surface area contributed by atoms with Crippen molar-refractivity contribution in [3.63, 3.8) is 0 Å². The lowest BCUT2D eigenvalue weighted by molar-refractivity contribution is 0.0842. The van der Waals surface area contributed by atoms with E-state index in [9.17, 15) is 14.0 Å². The summed E-state index contributed by atoms with van der Waals surface area (Å²) in [7, 11) is 0. The number of hydrogen-bond donors (Lipinski definition) is 2. The molecule has 2 aliphatic heterocycles. The fourth-order valence-corrected chi connectivity index (χ4v) is 6.92. The number of nitrogens with zero attached hydrogens (tertiary/aromatic N) is 3. The number of amides is 2. The van der Waals surface area contributed by atoms with Crippen LogP contribution in [0.2, 0.25) is 0 Å². The number of carbonyl (C=O) groups is 2. The predicted octanol–water partition coefficient (Wildman–Crippen LogP) is 5.35. The Hall–Kier alpha value is -3.08. The normalized spacial score (nSPS) is 22.2. The van der Waals surface area contributed by atoms with Crippen molar-refractivity contribution in [3.05, 3.63) is 70.4 Å². The van der Waals surface area contributed by atoms with E-state index in [1.54, 1.807) is 25.3 Å². The van der Waals surface area contributed by atoms with Crippen LogP contribution in [0.5, 0.6) is 0 Å². The van der Waals surface area contributed by atoms with Gasteiger partial charge in [-0.1, -0.05) is 23.5 Å². The molecule has 8 nitrogen and oxygen atoms in total. The van der Waals surface area contributed by atoms with Gasteiger partial charge in [0.25, 0.3) is 0 Å². The van der Waals surface area contributed by atoms with E-state index in [-0.39, 0.29) is 23.7 Å². The Morgan fingerprint density at radius 3 is 2.67 bits per heavy atom. The van der Waals surface area contributed by atoms with Gasteiger partial charge in [0.2, 0.25) is 0 Å². The second-order valence-corrected chi connectivity index (χ2v) is 12.2. The molecule has 2 fully saturated rings. The quantitative estimate of drug-likeness (QED) is 0.339. The molecule has 3 atom stereocenters. The van der Waals surface area contributed by atoms with Gasteiger partial charge in [0.1, 0.15) is 11.6 Å². The molecule has 5 rings (SSSR count). The number of nitrogens with one attached hydrogen (secondary N) is 2. The lowest BCUT2D eigenvalue weighted by Crippen LogP contribution is -2.56. The molecule has 0 spiro atoms. The summed E-state index contributed by atoms with van der Waals surface area (Å²) in [5.41, 5.74) is 1.81. The summed E-state index contributed by atoms with van der Waals surface area (Å²) in [5, 5.41) is 6.51. The van der Waals surface area contributed by atoms with Gasteiger partial charge in [-0.3, -0.25) is 15.0 Å². The third kappa shape index (κ3) is 7.56. The van der Waals surface area contributed by atoms with E-state index in [0.717, 1.165) is 57.7 Å². The van der Waals surface area contributed by atoms with Crippen molar-refractivity contribution in [1.29, 1.82) is 0 Å². The van der Waals surface area contributed by atoms with Crippen molar-refractivity contribution >= 4 is 28.3 Å². The summed E-state index contributed by atoms with van der Waals surface area (Å²) in [5.74, 6) is 1.50. The van der Waals surface area contributed by atoms with E-state index in [4.69, 9.17) is 4.42 Å². The highest BCUT2D eigenvalue weighted by molar-refractivity contribution is 7.17. The van der Waals surface area contributed by atoms with E-state index in [1.807, 2.05) is 24.3 Å². The van der Waals surface area contributed by atoms with Crippen molar-refractivity contribution in [2.45, 2.75) is 52.1 Å². The molecule has 0 radical (unpaired) electrons. The number of hydrogen-bond acceptors (Lipinski definition) is 7. The van der Waals surface area contributed by atoms with E-state index >= 15 is 0 Å². The number of anilines is 1. The Bertz CT molecular complexity index is 1280. The number of piperidine rings is 2. The number of urea groups is 1. The summed E-state index contributed by atoms with van der Waals surface area (Å²) >= 11 is 1.21. The molecule has 0 bridgehead atoms. The van der Waals surface area contributed by atoms with Crippen LogP contribution in [0.4, 0.5) is 14.3 Å². The molecule has 1 unspecified atom stereocenters. The second-order valence-electron chi connectivity index (χ2n) is 11.2. The van der Waals surface area contributed by atoms with Crippen molar-refractivity contribution in [1.82, 2.24) is 20.1 Å². The van der Waals surface area contributed by atoms with Crippen molar-refractivity contribution in [3.8, 4) is 0 Å². The highest BCUT2D eigenvalue weighted by atomic mass is 32.1. The first-order valence-electron chi connectivity index (χ1n) is 14.1. The van der Waals surface area contributed by atoms with Crippen LogP contribution in [0.25, 0.3) is 0 Å². The minimum absolute atomic E-state index is 0.0467. The molecule has 2 saturated heterocycles. The van der Waals surface area contributed by atoms with Crippen molar-refractivity contribution in [2.24, 2.45) is 11.8 Å². The lowest BCUT2D eigenvalue weighted by atomic mass is 9.87. The molecule has 0 saturated carbocycles. The van der Waals surface area contributed by atoms with E-state index in [1.165, 1.54) is 30.2 Å². The standard InChI is InChI=1S/C30H38FN5O3S/c1-20-28(21(2)37)40-30(32-20)34-29(38)33-27-19-36(18-26-6-4-14-39-26)13-11-24(27)17-35-12-3-5-23(16-35)15-22-7-9-25(31)10-8-22/h4,6-10,14,23-24,27H,3,5,11-13,15-19H2,1-2H3,(H2,32,33,34,38)/t23?,24-,27-/m0/s1. The lowest BCUT2D eigenvalue weighted by Gasteiger charge is -2.42. The number of ketones is 1. The number of Topliss-reactive ketones (excluding diaryl/α,β-unsaturated/α-hetero) is 1. The maximum Gasteiger partial charge on any atom is 0.321 e. The number of carbonyl (C=O) groups excluding carboxylic acids is 2. The predicted molar refractivity (Wildman–Crippen MR) is 154 cm³/mol. The van der Waals surface area contributed by atoms with Gasteiger partial charge in [0, 0.05) is 32.6 Å². The molecule has 3 aromatic rings. The largest absolute Gasteiger partial charge is 0.468 e. The molecule has 2 N–H and O–H groups in total. The Balaban J connectivity index is 1.22. The van der Waals surface area contributed by atoms with Gasteiger partial charge in [-0.05, 0) is 87.4 Å². The topological polar surface area (TPSA) is 90.7 Å². The third-order valence-electron chi connectivity index (χ3n) is 7.99. The number of benzene rings is 1. The molecular weight excluding hydrogens is 529 g/mol. The van der Waals surface area contributed by atoms with Gasteiger partial charge >= 0.3 is 6.03 Å². The van der Waals surface area contributed by atoms with E-state index in [2.05, 4.69) is 25.4 Å². The Morgan fingerprint density at radius 1 is 1.12 bits per heavy atom. The molecular formula is C30H38FN5O3S. The van der Waals surface area contributed by atoms with Gasteiger partial charge in [0.15, 0.2) is 10.9 Å². The van der Waals surface area contributed by atoms with Gasteiger partial charge in [-0.25, -0.2) is 14.2 Å². The van der Waals surface area contributed by atoms with Crippen molar-refractivity contribution < 1.29 is 18.4 Å². The molecule has 1 aromatic carbocycles.